The number of rotatable bonds is 3. The number of aromatic nitrogens is 3. The summed E-state index contributed by atoms with van der Waals surface area (Å²) in [4.78, 5) is 15.7. The summed E-state index contributed by atoms with van der Waals surface area (Å²) >= 11 is 5.83. The van der Waals surface area contributed by atoms with Crippen LogP contribution < -0.4 is 5.32 Å². The van der Waals surface area contributed by atoms with Crippen molar-refractivity contribution in [2.24, 2.45) is 0 Å². The predicted molar refractivity (Wildman–Crippen MR) is 65.1 cm³/mol. The largest absolute Gasteiger partial charge is 0.319 e. The van der Waals surface area contributed by atoms with Crippen LogP contribution in [0.15, 0.2) is 30.7 Å². The fourth-order valence-electron chi connectivity index (χ4n) is 1.35. The summed E-state index contributed by atoms with van der Waals surface area (Å²) in [6.07, 6.45) is 4.88. The maximum absolute atomic E-state index is 11.9. The van der Waals surface area contributed by atoms with Crippen molar-refractivity contribution in [3.05, 3.63) is 41.4 Å². The number of amides is 1. The third kappa shape index (κ3) is 2.62. The van der Waals surface area contributed by atoms with Crippen molar-refractivity contribution in [1.82, 2.24) is 14.8 Å². The Hall–Kier alpha value is -1.88. The average molecular weight is 251 g/mol. The highest BCUT2D eigenvalue weighted by Crippen LogP contribution is 2.14. The smallest absolute Gasteiger partial charge is 0.258 e. The van der Waals surface area contributed by atoms with Crippen LogP contribution in [-0.2, 0) is 6.54 Å². The molecule has 1 N–H and O–H groups in total. The van der Waals surface area contributed by atoms with Gasteiger partial charge >= 0.3 is 0 Å². The van der Waals surface area contributed by atoms with Gasteiger partial charge in [-0.05, 0) is 19.1 Å². The Morgan fingerprint density at radius 3 is 3.06 bits per heavy atom. The first kappa shape index (κ1) is 11.6. The van der Waals surface area contributed by atoms with E-state index in [9.17, 15) is 4.79 Å². The molecule has 2 heterocycles. The van der Waals surface area contributed by atoms with E-state index in [0.29, 0.717) is 11.3 Å². The third-order valence-corrected chi connectivity index (χ3v) is 2.52. The first-order chi connectivity index (χ1) is 8.20. The molecule has 6 heteroatoms. The minimum Gasteiger partial charge on any atom is -0.319 e. The van der Waals surface area contributed by atoms with Crippen molar-refractivity contribution in [2.75, 3.05) is 5.32 Å². The summed E-state index contributed by atoms with van der Waals surface area (Å²) in [5.41, 5.74) is 0.982. The molecule has 0 atom stereocenters. The van der Waals surface area contributed by atoms with E-state index in [-0.39, 0.29) is 11.1 Å². The second-order valence-corrected chi connectivity index (χ2v) is 3.74. The summed E-state index contributed by atoms with van der Waals surface area (Å²) < 4.78 is 1.72. The normalized spacial score (nSPS) is 10.2. The molecule has 0 bridgehead atoms. The summed E-state index contributed by atoms with van der Waals surface area (Å²) in [7, 11) is 0. The van der Waals surface area contributed by atoms with E-state index in [1.165, 1.54) is 6.20 Å². The maximum Gasteiger partial charge on any atom is 0.258 e. The summed E-state index contributed by atoms with van der Waals surface area (Å²) in [5.74, 6) is -0.293. The van der Waals surface area contributed by atoms with Crippen LogP contribution in [0.5, 0.6) is 0 Å². The molecule has 0 aliphatic rings. The SMILES string of the molecule is CCn1cc(NC(=O)c2cccnc2Cl)cn1. The van der Waals surface area contributed by atoms with E-state index >= 15 is 0 Å². The maximum atomic E-state index is 11.9. The molecule has 0 spiro atoms. The molecule has 5 nitrogen and oxygen atoms in total. The van der Waals surface area contributed by atoms with Gasteiger partial charge in [0.15, 0.2) is 0 Å². The van der Waals surface area contributed by atoms with E-state index in [2.05, 4.69) is 15.4 Å². The molecule has 0 unspecified atom stereocenters. The number of anilines is 1. The van der Waals surface area contributed by atoms with Crippen molar-refractivity contribution in [3.63, 3.8) is 0 Å². The lowest BCUT2D eigenvalue weighted by molar-refractivity contribution is 0.102. The lowest BCUT2D eigenvalue weighted by Gasteiger charge is -2.03. The Bertz CT molecular complexity index is 538. The van der Waals surface area contributed by atoms with Gasteiger partial charge in [0, 0.05) is 18.9 Å². The number of nitrogens with zero attached hydrogens (tertiary/aromatic N) is 3. The fraction of sp³-hybridized carbons (Fsp3) is 0.182. The number of pyridine rings is 1. The minimum absolute atomic E-state index is 0.188. The second kappa shape index (κ2) is 4.97. The highest BCUT2D eigenvalue weighted by Gasteiger charge is 2.11. The van der Waals surface area contributed by atoms with Gasteiger partial charge in [-0.3, -0.25) is 9.48 Å². The van der Waals surface area contributed by atoms with Crippen LogP contribution in [0.1, 0.15) is 17.3 Å². The molecule has 0 radical (unpaired) electrons. The molecule has 0 aromatic carbocycles. The number of aryl methyl sites for hydroxylation is 1. The molecule has 0 fully saturated rings. The summed E-state index contributed by atoms with van der Waals surface area (Å²) in [5, 5.41) is 6.95. The highest BCUT2D eigenvalue weighted by molar-refractivity contribution is 6.33. The van der Waals surface area contributed by atoms with Crippen molar-refractivity contribution in [2.45, 2.75) is 13.5 Å². The van der Waals surface area contributed by atoms with Gasteiger partial charge in [0.2, 0.25) is 0 Å². The predicted octanol–water partition coefficient (Wildman–Crippen LogP) is 2.20. The molecule has 0 saturated carbocycles. The zero-order valence-electron chi connectivity index (χ0n) is 9.22. The monoisotopic (exact) mass is 250 g/mol. The third-order valence-electron chi connectivity index (χ3n) is 2.22. The molecular weight excluding hydrogens is 240 g/mol. The molecular formula is C11H11ClN4O. The van der Waals surface area contributed by atoms with Crippen LogP contribution in [-0.4, -0.2) is 20.7 Å². The zero-order chi connectivity index (χ0) is 12.3. The number of carbonyl (C=O) groups is 1. The fourth-order valence-corrected chi connectivity index (χ4v) is 1.56. The molecule has 0 saturated heterocycles. The van der Waals surface area contributed by atoms with E-state index in [0.717, 1.165) is 6.54 Å². The Balaban J connectivity index is 2.14. The Labute approximate surface area is 103 Å². The van der Waals surface area contributed by atoms with E-state index < -0.39 is 0 Å². The zero-order valence-corrected chi connectivity index (χ0v) is 9.98. The standard InChI is InChI=1S/C11H11ClN4O/c1-2-16-7-8(6-14-16)15-11(17)9-4-3-5-13-10(9)12/h3-7H,2H2,1H3,(H,15,17). The topological polar surface area (TPSA) is 59.8 Å². The summed E-state index contributed by atoms with van der Waals surface area (Å²) in [6, 6.07) is 3.28. The van der Waals surface area contributed by atoms with Crippen molar-refractivity contribution in [3.8, 4) is 0 Å². The molecule has 2 rings (SSSR count). The van der Waals surface area contributed by atoms with Gasteiger partial charge in [-0.25, -0.2) is 4.98 Å². The molecule has 0 aliphatic carbocycles. The first-order valence-electron chi connectivity index (χ1n) is 5.15. The molecule has 1 amide bonds. The van der Waals surface area contributed by atoms with E-state index in [1.54, 1.807) is 29.2 Å². The average Bonchev–Trinajstić information content (AvgIpc) is 2.77. The highest BCUT2D eigenvalue weighted by atomic mass is 35.5. The van der Waals surface area contributed by atoms with Crippen molar-refractivity contribution < 1.29 is 4.79 Å². The molecule has 2 aromatic rings. The van der Waals surface area contributed by atoms with Crippen LogP contribution in [0, 0.1) is 0 Å². The van der Waals surface area contributed by atoms with Crippen molar-refractivity contribution in [1.29, 1.82) is 0 Å². The second-order valence-electron chi connectivity index (χ2n) is 3.38. The molecule has 17 heavy (non-hydrogen) atoms. The molecule has 2 aromatic heterocycles. The van der Waals surface area contributed by atoms with Crippen LogP contribution in [0.4, 0.5) is 5.69 Å². The van der Waals surface area contributed by atoms with Gasteiger partial charge in [0.1, 0.15) is 5.15 Å². The molecule has 88 valence electrons. The number of hydrogen-bond acceptors (Lipinski definition) is 3. The van der Waals surface area contributed by atoms with Crippen LogP contribution in [0.25, 0.3) is 0 Å². The quantitative estimate of drug-likeness (QED) is 0.850. The van der Waals surface area contributed by atoms with E-state index in [1.807, 2.05) is 6.92 Å². The van der Waals surface area contributed by atoms with Gasteiger partial charge in [0.25, 0.3) is 5.91 Å². The van der Waals surface area contributed by atoms with E-state index in [4.69, 9.17) is 11.6 Å². The lowest BCUT2D eigenvalue weighted by Crippen LogP contribution is -2.12. The lowest BCUT2D eigenvalue weighted by atomic mass is 10.2. The van der Waals surface area contributed by atoms with Crippen molar-refractivity contribution >= 4 is 23.2 Å². The first-order valence-corrected chi connectivity index (χ1v) is 5.53. The van der Waals surface area contributed by atoms with Gasteiger partial charge in [-0.1, -0.05) is 11.6 Å². The van der Waals surface area contributed by atoms with Crippen LogP contribution >= 0.6 is 11.6 Å². The number of nitrogens with one attached hydrogen (secondary N) is 1. The van der Waals surface area contributed by atoms with Crippen LogP contribution in [0.3, 0.4) is 0 Å². The van der Waals surface area contributed by atoms with Gasteiger partial charge in [-0.2, -0.15) is 5.10 Å². The Kier molecular flexibility index (Phi) is 3.39. The summed E-state index contributed by atoms with van der Waals surface area (Å²) in [6.45, 7) is 2.72. The number of halogens is 1. The number of hydrogen-bond donors (Lipinski definition) is 1. The van der Waals surface area contributed by atoms with Crippen LogP contribution in [0.2, 0.25) is 5.15 Å². The van der Waals surface area contributed by atoms with Gasteiger partial charge < -0.3 is 5.32 Å². The van der Waals surface area contributed by atoms with Gasteiger partial charge in [0.05, 0.1) is 17.4 Å². The number of carbonyl (C=O) groups excluding carboxylic acids is 1. The Morgan fingerprint density at radius 1 is 1.59 bits per heavy atom. The molecule has 0 aliphatic heterocycles. The Morgan fingerprint density at radius 2 is 2.41 bits per heavy atom. The van der Waals surface area contributed by atoms with Gasteiger partial charge in [-0.15, -0.1) is 0 Å². The minimum atomic E-state index is -0.293.